The molecule has 4 rings (SSSR count). The number of aromatic nitrogens is 3. The maximum Gasteiger partial charge on any atom is 0.260 e. The minimum atomic E-state index is -0.510. The highest BCUT2D eigenvalue weighted by Gasteiger charge is 2.22. The Morgan fingerprint density at radius 3 is 2.59 bits per heavy atom. The normalized spacial score (nSPS) is 10.6. The van der Waals surface area contributed by atoms with Gasteiger partial charge in [-0.15, -0.1) is 0 Å². The molecule has 2 aromatic carbocycles. The second-order valence-electron chi connectivity index (χ2n) is 7.37. The molecule has 0 radical (unpaired) electrons. The van der Waals surface area contributed by atoms with Crippen LogP contribution in [0.3, 0.4) is 0 Å². The van der Waals surface area contributed by atoms with E-state index in [-0.39, 0.29) is 24.7 Å². The fourth-order valence-electron chi connectivity index (χ4n) is 3.61. The number of imide groups is 1. The van der Waals surface area contributed by atoms with Gasteiger partial charge in [-0.2, -0.15) is 0 Å². The molecule has 2 aromatic heterocycles. The molecule has 9 heteroatoms. The van der Waals surface area contributed by atoms with E-state index in [1.54, 1.807) is 41.1 Å². The van der Waals surface area contributed by atoms with E-state index in [1.165, 1.54) is 6.33 Å². The predicted octanol–water partition coefficient (Wildman–Crippen LogP) is 3.15. The van der Waals surface area contributed by atoms with Crippen molar-refractivity contribution in [2.45, 2.75) is 0 Å². The monoisotopic (exact) mass is 453 g/mol. The number of amides is 2. The van der Waals surface area contributed by atoms with Crippen molar-refractivity contribution >= 4 is 40.2 Å². The van der Waals surface area contributed by atoms with Gasteiger partial charge in [0.1, 0.15) is 29.4 Å². The highest BCUT2D eigenvalue weighted by Crippen LogP contribution is 2.22. The molecule has 0 aliphatic carbocycles. The summed E-state index contributed by atoms with van der Waals surface area (Å²) >= 11 is 0. The van der Waals surface area contributed by atoms with E-state index in [9.17, 15) is 9.59 Å². The van der Waals surface area contributed by atoms with Gasteiger partial charge in [-0.1, -0.05) is 43.0 Å². The Bertz CT molecular complexity index is 1380. The Kier molecular flexibility index (Phi) is 6.45. The lowest BCUT2D eigenvalue weighted by Crippen LogP contribution is -2.39. The SMILES string of the molecule is C=CC(=O)N(CCNc1ncnc(N)c1C(=N)n1ccc2ccccc21)C(=O)c1ccccc1. The highest BCUT2D eigenvalue weighted by molar-refractivity contribution is 6.09. The second kappa shape index (κ2) is 9.78. The van der Waals surface area contributed by atoms with Gasteiger partial charge >= 0.3 is 0 Å². The number of nitrogen functional groups attached to an aromatic ring is 1. The fourth-order valence-corrected chi connectivity index (χ4v) is 3.61. The van der Waals surface area contributed by atoms with Crippen LogP contribution in [0.4, 0.5) is 11.6 Å². The zero-order chi connectivity index (χ0) is 24.1. The van der Waals surface area contributed by atoms with Gasteiger partial charge in [-0.25, -0.2) is 9.97 Å². The van der Waals surface area contributed by atoms with Crippen molar-refractivity contribution in [2.24, 2.45) is 0 Å². The van der Waals surface area contributed by atoms with Crippen LogP contribution < -0.4 is 11.1 Å². The number of nitrogens with two attached hydrogens (primary N) is 1. The van der Waals surface area contributed by atoms with Crippen molar-refractivity contribution in [2.75, 3.05) is 24.1 Å². The fraction of sp³-hybridized carbons (Fsp3) is 0.0800. The number of nitrogens with one attached hydrogen (secondary N) is 2. The zero-order valence-corrected chi connectivity index (χ0v) is 18.3. The minimum absolute atomic E-state index is 0.0573. The van der Waals surface area contributed by atoms with Crippen LogP contribution in [0.5, 0.6) is 0 Å². The van der Waals surface area contributed by atoms with Crippen molar-refractivity contribution in [3.63, 3.8) is 0 Å². The number of para-hydroxylation sites is 1. The van der Waals surface area contributed by atoms with Crippen LogP contribution in [0.2, 0.25) is 0 Å². The number of nitrogens with zero attached hydrogens (tertiary/aromatic N) is 4. The molecule has 34 heavy (non-hydrogen) atoms. The van der Waals surface area contributed by atoms with Crippen molar-refractivity contribution in [1.82, 2.24) is 19.4 Å². The molecule has 0 atom stereocenters. The molecule has 4 aromatic rings. The third kappa shape index (κ3) is 4.40. The molecule has 9 nitrogen and oxygen atoms in total. The van der Waals surface area contributed by atoms with Crippen LogP contribution in [-0.2, 0) is 4.79 Å². The first-order chi connectivity index (χ1) is 16.5. The number of anilines is 2. The lowest BCUT2D eigenvalue weighted by Gasteiger charge is -2.20. The first kappa shape index (κ1) is 22.4. The van der Waals surface area contributed by atoms with Crippen LogP contribution in [0.15, 0.2) is 85.8 Å². The first-order valence-corrected chi connectivity index (χ1v) is 10.5. The topological polar surface area (TPSA) is 130 Å². The molecule has 170 valence electrons. The van der Waals surface area contributed by atoms with Crippen molar-refractivity contribution in [3.8, 4) is 0 Å². The molecule has 0 saturated carbocycles. The molecule has 0 spiro atoms. The summed E-state index contributed by atoms with van der Waals surface area (Å²) in [5, 5.41) is 12.9. The van der Waals surface area contributed by atoms with E-state index in [0.717, 1.165) is 21.9 Å². The quantitative estimate of drug-likeness (QED) is 0.224. The second-order valence-corrected chi connectivity index (χ2v) is 7.37. The molecular weight excluding hydrogens is 430 g/mol. The van der Waals surface area contributed by atoms with Crippen LogP contribution in [0, 0.1) is 5.41 Å². The van der Waals surface area contributed by atoms with Crippen molar-refractivity contribution in [1.29, 1.82) is 5.41 Å². The summed E-state index contributed by atoms with van der Waals surface area (Å²) in [5.41, 5.74) is 7.68. The lowest BCUT2D eigenvalue weighted by molar-refractivity contribution is -0.123. The molecule has 0 fully saturated rings. The van der Waals surface area contributed by atoms with Crippen LogP contribution in [-0.4, -0.2) is 50.2 Å². The van der Waals surface area contributed by atoms with E-state index in [2.05, 4.69) is 21.9 Å². The standard InChI is InChI=1S/C25H23N7O2/c1-2-20(33)32(25(34)18-9-4-3-5-10-18)15-13-28-24-21(22(26)29-16-30-24)23(27)31-14-12-17-8-6-7-11-19(17)31/h2-12,14,16,27H,1,13,15H2,(H3,26,28,29,30). The molecule has 0 unspecified atom stereocenters. The maximum atomic E-state index is 12.8. The van der Waals surface area contributed by atoms with E-state index in [0.29, 0.717) is 16.9 Å². The largest absolute Gasteiger partial charge is 0.383 e. The van der Waals surface area contributed by atoms with Gasteiger partial charge in [0.25, 0.3) is 11.8 Å². The summed E-state index contributed by atoms with van der Waals surface area (Å²) in [6.45, 7) is 3.73. The van der Waals surface area contributed by atoms with Gasteiger partial charge in [0.05, 0.1) is 5.52 Å². The third-order valence-electron chi connectivity index (χ3n) is 5.29. The minimum Gasteiger partial charge on any atom is -0.383 e. The first-order valence-electron chi connectivity index (χ1n) is 10.5. The smallest absolute Gasteiger partial charge is 0.260 e. The molecule has 0 aliphatic rings. The van der Waals surface area contributed by atoms with Gasteiger partial charge in [-0.05, 0) is 35.7 Å². The van der Waals surface area contributed by atoms with Crippen LogP contribution in [0.1, 0.15) is 15.9 Å². The Morgan fingerprint density at radius 2 is 1.82 bits per heavy atom. The average molecular weight is 454 g/mol. The van der Waals surface area contributed by atoms with Gasteiger partial charge < -0.3 is 15.6 Å². The van der Waals surface area contributed by atoms with Crippen molar-refractivity contribution < 1.29 is 9.59 Å². The number of carbonyl (C=O) groups is 2. The summed E-state index contributed by atoms with van der Waals surface area (Å²) in [5.74, 6) is -0.375. The summed E-state index contributed by atoms with van der Waals surface area (Å²) in [7, 11) is 0. The molecule has 0 aliphatic heterocycles. The van der Waals surface area contributed by atoms with E-state index < -0.39 is 11.8 Å². The number of fused-ring (bicyclic) bond motifs is 1. The number of hydrogen-bond acceptors (Lipinski definition) is 7. The van der Waals surface area contributed by atoms with Gasteiger partial charge in [-0.3, -0.25) is 19.9 Å². The average Bonchev–Trinajstić information content (AvgIpc) is 3.30. The summed E-state index contributed by atoms with van der Waals surface area (Å²) in [6.07, 6.45) is 4.18. The number of benzene rings is 2. The molecule has 0 bridgehead atoms. The summed E-state index contributed by atoms with van der Waals surface area (Å²) < 4.78 is 1.70. The zero-order valence-electron chi connectivity index (χ0n) is 18.3. The molecule has 0 saturated heterocycles. The number of hydrogen-bond donors (Lipinski definition) is 3. The Labute approximate surface area is 196 Å². The predicted molar refractivity (Wildman–Crippen MR) is 132 cm³/mol. The summed E-state index contributed by atoms with van der Waals surface area (Å²) in [6, 6.07) is 18.1. The molecule has 2 amide bonds. The maximum absolute atomic E-state index is 12.8. The third-order valence-corrected chi connectivity index (χ3v) is 5.29. The van der Waals surface area contributed by atoms with E-state index in [4.69, 9.17) is 11.1 Å². The molecular formula is C25H23N7O2. The Hall–Kier alpha value is -4.79. The van der Waals surface area contributed by atoms with Gasteiger partial charge in [0.15, 0.2) is 0 Å². The highest BCUT2D eigenvalue weighted by atomic mass is 16.2. The lowest BCUT2D eigenvalue weighted by atomic mass is 10.2. The number of carbonyl (C=O) groups excluding carboxylic acids is 2. The van der Waals surface area contributed by atoms with Crippen LogP contribution >= 0.6 is 0 Å². The molecule has 2 heterocycles. The van der Waals surface area contributed by atoms with Gasteiger partial charge in [0, 0.05) is 24.8 Å². The Morgan fingerprint density at radius 1 is 1.09 bits per heavy atom. The molecule has 4 N–H and O–H groups in total. The van der Waals surface area contributed by atoms with Crippen molar-refractivity contribution in [3.05, 3.63) is 97.0 Å². The van der Waals surface area contributed by atoms with Crippen LogP contribution in [0.25, 0.3) is 10.9 Å². The Balaban J connectivity index is 1.56. The van der Waals surface area contributed by atoms with E-state index in [1.807, 2.05) is 30.3 Å². The van der Waals surface area contributed by atoms with Gasteiger partial charge in [0.2, 0.25) is 0 Å². The number of rotatable bonds is 7. The summed E-state index contributed by atoms with van der Waals surface area (Å²) in [4.78, 5) is 34.6. The van der Waals surface area contributed by atoms with E-state index >= 15 is 0 Å².